The molecule has 90 valence electrons. The van der Waals surface area contributed by atoms with Crippen LogP contribution in [0.2, 0.25) is 0 Å². The van der Waals surface area contributed by atoms with Crippen LogP contribution in [0.5, 0.6) is 5.88 Å². The van der Waals surface area contributed by atoms with Crippen molar-refractivity contribution in [2.45, 2.75) is 20.8 Å². The highest BCUT2D eigenvalue weighted by molar-refractivity contribution is 8.07. The van der Waals surface area contributed by atoms with Gasteiger partial charge in [0, 0.05) is 24.1 Å². The van der Waals surface area contributed by atoms with E-state index in [1.54, 1.807) is 19.2 Å². The van der Waals surface area contributed by atoms with Crippen molar-refractivity contribution in [3.05, 3.63) is 18.1 Å². The molecule has 1 heterocycles. The van der Waals surface area contributed by atoms with E-state index in [0.717, 1.165) is 0 Å². The maximum absolute atomic E-state index is 5.49. The van der Waals surface area contributed by atoms with Gasteiger partial charge in [0.2, 0.25) is 5.88 Å². The molecule has 0 aliphatic carbocycles. The summed E-state index contributed by atoms with van der Waals surface area (Å²) >= 11 is 5.21. The highest BCUT2D eigenvalue weighted by atomic mass is 32.5. The lowest BCUT2D eigenvalue weighted by molar-refractivity contribution is 0.216. The predicted molar refractivity (Wildman–Crippen MR) is 64.9 cm³/mol. The molecule has 0 atom stereocenters. The molecule has 0 unspecified atom stereocenters. The summed E-state index contributed by atoms with van der Waals surface area (Å²) in [5.41, 5.74) is 0. The summed E-state index contributed by atoms with van der Waals surface area (Å²) in [5.74, 6) is 1.00. The Labute approximate surface area is 100 Å². The van der Waals surface area contributed by atoms with Crippen molar-refractivity contribution in [2.75, 3.05) is 13.2 Å². The first kappa shape index (κ1) is 13.5. The molecule has 0 fully saturated rings. The Bertz CT molecular complexity index is 379. The van der Waals surface area contributed by atoms with Gasteiger partial charge in [-0.05, 0) is 20.8 Å². The maximum atomic E-state index is 5.49. The molecule has 1 aromatic heterocycles. The zero-order valence-corrected chi connectivity index (χ0v) is 11.3. The van der Waals surface area contributed by atoms with Crippen molar-refractivity contribution in [3.8, 4) is 5.88 Å². The van der Waals surface area contributed by atoms with E-state index in [4.69, 9.17) is 25.4 Å². The van der Waals surface area contributed by atoms with E-state index in [1.165, 1.54) is 0 Å². The number of aryl methyl sites for hydroxylation is 1. The summed E-state index contributed by atoms with van der Waals surface area (Å²) in [6, 6.07) is 1.63. The minimum atomic E-state index is -2.72. The van der Waals surface area contributed by atoms with Crippen LogP contribution in [0.1, 0.15) is 19.7 Å². The lowest BCUT2D eigenvalue weighted by atomic mass is 10.6. The number of hydrogen-bond donors (Lipinski definition) is 0. The molecule has 1 rings (SSSR count). The molecule has 7 heteroatoms. The summed E-state index contributed by atoms with van der Waals surface area (Å²) in [6.07, 6.45) is 1.61. The summed E-state index contributed by atoms with van der Waals surface area (Å²) in [7, 11) is 0. The molecule has 0 saturated carbocycles. The van der Waals surface area contributed by atoms with Gasteiger partial charge in [-0.15, -0.1) is 0 Å². The van der Waals surface area contributed by atoms with Crippen molar-refractivity contribution < 1.29 is 13.6 Å². The Hall–Kier alpha value is -0.550. The highest BCUT2D eigenvalue weighted by Gasteiger charge is 2.21. The van der Waals surface area contributed by atoms with E-state index in [0.29, 0.717) is 24.9 Å². The first-order valence-electron chi connectivity index (χ1n) is 4.98. The Morgan fingerprint density at radius 3 is 2.44 bits per heavy atom. The second kappa shape index (κ2) is 6.25. The van der Waals surface area contributed by atoms with Crippen molar-refractivity contribution in [2.24, 2.45) is 0 Å². The Morgan fingerprint density at radius 2 is 1.94 bits per heavy atom. The molecule has 0 aromatic carbocycles. The minimum Gasteiger partial charge on any atom is -0.406 e. The van der Waals surface area contributed by atoms with Gasteiger partial charge >= 0.3 is 6.72 Å². The third-order valence-corrected chi connectivity index (χ3v) is 3.95. The van der Waals surface area contributed by atoms with E-state index >= 15 is 0 Å². The van der Waals surface area contributed by atoms with Gasteiger partial charge in [-0.1, -0.05) is 0 Å². The fourth-order valence-electron chi connectivity index (χ4n) is 1.01. The normalized spacial score (nSPS) is 11.4. The van der Waals surface area contributed by atoms with Crippen LogP contribution in [-0.2, 0) is 20.9 Å². The van der Waals surface area contributed by atoms with E-state index in [2.05, 4.69) is 9.97 Å². The third-order valence-electron chi connectivity index (χ3n) is 1.53. The number of hydrogen-bond acceptors (Lipinski definition) is 6. The van der Waals surface area contributed by atoms with Crippen molar-refractivity contribution in [1.82, 2.24) is 9.97 Å². The fourth-order valence-corrected chi connectivity index (χ4v) is 3.01. The fraction of sp³-hybridized carbons (Fsp3) is 0.556. The zero-order valence-electron chi connectivity index (χ0n) is 9.54. The molecule has 0 bridgehead atoms. The molecule has 5 nitrogen and oxygen atoms in total. The number of aromatic nitrogens is 2. The quantitative estimate of drug-likeness (QED) is 0.734. The summed E-state index contributed by atoms with van der Waals surface area (Å²) in [4.78, 5) is 8.06. The van der Waals surface area contributed by atoms with Crippen LogP contribution in [-0.4, -0.2) is 23.2 Å². The second-order valence-electron chi connectivity index (χ2n) is 2.82. The van der Waals surface area contributed by atoms with Gasteiger partial charge in [-0.2, -0.15) is 4.98 Å². The van der Waals surface area contributed by atoms with Gasteiger partial charge in [-0.25, -0.2) is 4.98 Å². The smallest absolute Gasteiger partial charge is 0.381 e. The molecular formula is C9H15N2O3PS. The standard InChI is InChI=1S/C9H15N2O3PS/c1-4-12-15(16,13-5-2)14-9-6-7-10-8(3)11-9/h6-7H,4-5H2,1-3H3. The van der Waals surface area contributed by atoms with Gasteiger partial charge in [0.05, 0.1) is 13.2 Å². The van der Waals surface area contributed by atoms with Crippen LogP contribution in [0.4, 0.5) is 0 Å². The Kier molecular flexibility index (Phi) is 5.28. The summed E-state index contributed by atoms with van der Waals surface area (Å²) in [6.45, 7) is 3.63. The first-order valence-corrected chi connectivity index (χ1v) is 7.53. The number of nitrogens with zero attached hydrogens (tertiary/aromatic N) is 2. The number of rotatable bonds is 6. The summed E-state index contributed by atoms with van der Waals surface area (Å²) < 4.78 is 16.2. The SMILES string of the molecule is CCOP(=S)(OCC)Oc1ccnc(C)n1. The molecule has 0 spiro atoms. The topological polar surface area (TPSA) is 53.5 Å². The lowest BCUT2D eigenvalue weighted by Gasteiger charge is -2.20. The second-order valence-corrected chi connectivity index (χ2v) is 5.75. The Balaban J connectivity index is 2.79. The predicted octanol–water partition coefficient (Wildman–Crippen LogP) is 2.46. The van der Waals surface area contributed by atoms with Gasteiger partial charge in [-0.3, -0.25) is 9.05 Å². The molecule has 0 aliphatic heterocycles. The largest absolute Gasteiger partial charge is 0.406 e. The van der Waals surface area contributed by atoms with E-state index in [-0.39, 0.29) is 0 Å². The summed E-state index contributed by atoms with van der Waals surface area (Å²) in [5, 5.41) is 0. The van der Waals surface area contributed by atoms with Crippen LogP contribution in [0, 0.1) is 6.92 Å². The van der Waals surface area contributed by atoms with Crippen LogP contribution in [0.3, 0.4) is 0 Å². The highest BCUT2D eigenvalue weighted by Crippen LogP contribution is 2.49. The molecular weight excluding hydrogens is 247 g/mol. The van der Waals surface area contributed by atoms with E-state index < -0.39 is 6.72 Å². The van der Waals surface area contributed by atoms with Crippen molar-refractivity contribution in [1.29, 1.82) is 0 Å². The van der Waals surface area contributed by atoms with Crippen molar-refractivity contribution >= 4 is 18.5 Å². The van der Waals surface area contributed by atoms with Crippen LogP contribution < -0.4 is 4.52 Å². The lowest BCUT2D eigenvalue weighted by Crippen LogP contribution is -2.03. The van der Waals surface area contributed by atoms with Gasteiger partial charge in [0.25, 0.3) is 0 Å². The van der Waals surface area contributed by atoms with Gasteiger partial charge < -0.3 is 4.52 Å². The van der Waals surface area contributed by atoms with Crippen LogP contribution >= 0.6 is 6.72 Å². The van der Waals surface area contributed by atoms with Crippen LogP contribution in [0.15, 0.2) is 12.3 Å². The monoisotopic (exact) mass is 262 g/mol. The van der Waals surface area contributed by atoms with E-state index in [1.807, 2.05) is 13.8 Å². The Morgan fingerprint density at radius 1 is 1.31 bits per heavy atom. The molecule has 0 amide bonds. The zero-order chi connectivity index (χ0) is 12.0. The molecule has 1 aromatic rings. The third kappa shape index (κ3) is 4.14. The first-order chi connectivity index (χ1) is 7.59. The molecule has 0 N–H and O–H groups in total. The van der Waals surface area contributed by atoms with E-state index in [9.17, 15) is 0 Å². The molecule has 0 radical (unpaired) electrons. The van der Waals surface area contributed by atoms with Gasteiger partial charge in [0.1, 0.15) is 5.82 Å². The van der Waals surface area contributed by atoms with Gasteiger partial charge in [0.15, 0.2) is 0 Å². The molecule has 16 heavy (non-hydrogen) atoms. The average Bonchev–Trinajstić information content (AvgIpc) is 2.17. The molecule has 0 saturated heterocycles. The molecule has 0 aliphatic rings. The van der Waals surface area contributed by atoms with Crippen molar-refractivity contribution in [3.63, 3.8) is 0 Å². The van der Waals surface area contributed by atoms with Crippen LogP contribution in [0.25, 0.3) is 0 Å². The maximum Gasteiger partial charge on any atom is 0.381 e. The minimum absolute atomic E-state index is 0.387. The average molecular weight is 262 g/mol.